The molecule has 0 saturated heterocycles. The van der Waals surface area contributed by atoms with Crippen LogP contribution in [0.25, 0.3) is 11.1 Å². The molecule has 2 aromatic rings. The molecule has 0 N–H and O–H groups in total. The minimum atomic E-state index is 0.145. The number of nitrogens with zero attached hydrogens (tertiary/aromatic N) is 3. The van der Waals surface area contributed by atoms with Gasteiger partial charge in [-0.15, -0.1) is 5.10 Å². The molecule has 0 aliphatic carbocycles. The molecule has 16 heavy (non-hydrogen) atoms. The smallest absolute Gasteiger partial charge is 0.170 e. The van der Waals surface area contributed by atoms with Gasteiger partial charge in [0.2, 0.25) is 0 Å². The van der Waals surface area contributed by atoms with Gasteiger partial charge in [0.25, 0.3) is 0 Å². The van der Waals surface area contributed by atoms with E-state index in [-0.39, 0.29) is 5.15 Å². The molecule has 0 atom stereocenters. The van der Waals surface area contributed by atoms with Gasteiger partial charge in [-0.05, 0) is 12.5 Å². The van der Waals surface area contributed by atoms with E-state index in [0.717, 1.165) is 11.1 Å². The standard InChI is InChI=1S/C12H8ClN3/c1-8-11(9-5-3-2-4-6-9)10(7-14)12(13)16-15-8/h2-6H,1H3. The number of hydrogen-bond donors (Lipinski definition) is 0. The molecule has 0 saturated carbocycles. The van der Waals surface area contributed by atoms with E-state index in [2.05, 4.69) is 16.3 Å². The minimum Gasteiger partial charge on any atom is -0.192 e. The third-order valence-corrected chi connectivity index (χ3v) is 2.54. The van der Waals surface area contributed by atoms with E-state index in [4.69, 9.17) is 16.9 Å². The summed E-state index contributed by atoms with van der Waals surface area (Å²) in [6.07, 6.45) is 0. The highest BCUT2D eigenvalue weighted by Crippen LogP contribution is 2.28. The zero-order chi connectivity index (χ0) is 11.5. The Balaban J connectivity index is 2.75. The zero-order valence-corrected chi connectivity index (χ0v) is 9.36. The predicted molar refractivity (Wildman–Crippen MR) is 61.9 cm³/mol. The molecule has 1 aromatic carbocycles. The summed E-state index contributed by atoms with van der Waals surface area (Å²) >= 11 is 5.86. The number of aryl methyl sites for hydroxylation is 1. The highest BCUT2D eigenvalue weighted by atomic mass is 35.5. The lowest BCUT2D eigenvalue weighted by atomic mass is 10.0. The number of halogens is 1. The average Bonchev–Trinajstić information content (AvgIpc) is 2.33. The van der Waals surface area contributed by atoms with E-state index in [1.165, 1.54) is 0 Å². The summed E-state index contributed by atoms with van der Waals surface area (Å²) in [4.78, 5) is 0. The van der Waals surface area contributed by atoms with E-state index < -0.39 is 0 Å². The summed E-state index contributed by atoms with van der Waals surface area (Å²) < 4.78 is 0. The Labute approximate surface area is 98.3 Å². The summed E-state index contributed by atoms with van der Waals surface area (Å²) in [5.74, 6) is 0. The van der Waals surface area contributed by atoms with Crippen molar-refractivity contribution >= 4 is 11.6 Å². The van der Waals surface area contributed by atoms with Gasteiger partial charge in [0.1, 0.15) is 11.6 Å². The first-order valence-corrected chi connectivity index (χ1v) is 5.10. The predicted octanol–water partition coefficient (Wildman–Crippen LogP) is 2.98. The molecule has 1 heterocycles. The number of hydrogen-bond acceptors (Lipinski definition) is 3. The molecule has 0 amide bonds. The van der Waals surface area contributed by atoms with Crippen molar-refractivity contribution in [2.24, 2.45) is 0 Å². The van der Waals surface area contributed by atoms with E-state index >= 15 is 0 Å². The summed E-state index contributed by atoms with van der Waals surface area (Å²) in [5.41, 5.74) is 2.75. The molecular formula is C12H8ClN3. The third kappa shape index (κ3) is 1.75. The van der Waals surface area contributed by atoms with Crippen LogP contribution in [0.4, 0.5) is 0 Å². The SMILES string of the molecule is Cc1nnc(Cl)c(C#N)c1-c1ccccc1. The molecule has 0 aliphatic heterocycles. The Hall–Kier alpha value is -1.92. The highest BCUT2D eigenvalue weighted by Gasteiger charge is 2.13. The summed E-state index contributed by atoms with van der Waals surface area (Å²) in [6.45, 7) is 1.81. The number of benzene rings is 1. The van der Waals surface area contributed by atoms with Crippen LogP contribution in [0.15, 0.2) is 30.3 Å². The molecule has 2 rings (SSSR count). The fourth-order valence-corrected chi connectivity index (χ4v) is 1.74. The lowest BCUT2D eigenvalue weighted by molar-refractivity contribution is 0.978. The molecule has 1 aromatic heterocycles. The molecule has 0 bridgehead atoms. The van der Waals surface area contributed by atoms with Crippen LogP contribution in [0.5, 0.6) is 0 Å². The first-order chi connectivity index (χ1) is 7.74. The zero-order valence-electron chi connectivity index (χ0n) is 8.61. The molecule has 3 nitrogen and oxygen atoms in total. The molecule has 4 heteroatoms. The van der Waals surface area contributed by atoms with Crippen LogP contribution in [0, 0.1) is 18.3 Å². The largest absolute Gasteiger partial charge is 0.192 e. The van der Waals surface area contributed by atoms with Crippen LogP contribution in [-0.4, -0.2) is 10.2 Å². The second kappa shape index (κ2) is 4.30. The van der Waals surface area contributed by atoms with Gasteiger partial charge in [-0.2, -0.15) is 10.4 Å². The molecule has 0 aliphatic rings. The topological polar surface area (TPSA) is 49.6 Å². The minimum absolute atomic E-state index is 0.145. The molecular weight excluding hydrogens is 222 g/mol. The van der Waals surface area contributed by atoms with Gasteiger partial charge in [0.15, 0.2) is 5.15 Å². The van der Waals surface area contributed by atoms with E-state index in [1.54, 1.807) is 0 Å². The van der Waals surface area contributed by atoms with Crippen LogP contribution >= 0.6 is 11.6 Å². The van der Waals surface area contributed by atoms with Crippen molar-refractivity contribution < 1.29 is 0 Å². The normalized spacial score (nSPS) is 9.81. The molecule has 78 valence electrons. The number of nitriles is 1. The number of rotatable bonds is 1. The Bertz CT molecular complexity index is 558. The lowest BCUT2D eigenvalue weighted by Gasteiger charge is -2.07. The lowest BCUT2D eigenvalue weighted by Crippen LogP contribution is -1.97. The first kappa shape index (κ1) is 10.6. The fraction of sp³-hybridized carbons (Fsp3) is 0.0833. The van der Waals surface area contributed by atoms with Crippen molar-refractivity contribution in [1.82, 2.24) is 10.2 Å². The summed E-state index contributed by atoms with van der Waals surface area (Å²) in [6, 6.07) is 11.6. The van der Waals surface area contributed by atoms with Crippen molar-refractivity contribution in [3.8, 4) is 17.2 Å². The van der Waals surface area contributed by atoms with Crippen molar-refractivity contribution in [1.29, 1.82) is 5.26 Å². The van der Waals surface area contributed by atoms with Crippen LogP contribution in [0.2, 0.25) is 5.15 Å². The van der Waals surface area contributed by atoms with Gasteiger partial charge in [-0.3, -0.25) is 0 Å². The first-order valence-electron chi connectivity index (χ1n) is 4.72. The number of aromatic nitrogens is 2. The van der Waals surface area contributed by atoms with Crippen molar-refractivity contribution in [3.05, 3.63) is 46.7 Å². The van der Waals surface area contributed by atoms with Crippen LogP contribution in [0.1, 0.15) is 11.3 Å². The van der Waals surface area contributed by atoms with Gasteiger partial charge in [-0.25, -0.2) is 0 Å². The summed E-state index contributed by atoms with van der Waals surface area (Å²) in [5, 5.41) is 16.9. The van der Waals surface area contributed by atoms with E-state index in [1.807, 2.05) is 37.3 Å². The Kier molecular flexibility index (Phi) is 2.84. The highest BCUT2D eigenvalue weighted by molar-refractivity contribution is 6.30. The quantitative estimate of drug-likeness (QED) is 0.755. The van der Waals surface area contributed by atoms with Gasteiger partial charge in [0, 0.05) is 5.56 Å². The van der Waals surface area contributed by atoms with Crippen molar-refractivity contribution in [2.75, 3.05) is 0 Å². The molecule has 0 fully saturated rings. The van der Waals surface area contributed by atoms with Gasteiger partial charge in [-0.1, -0.05) is 41.9 Å². The maximum atomic E-state index is 9.08. The fourth-order valence-electron chi connectivity index (χ4n) is 1.56. The van der Waals surface area contributed by atoms with Gasteiger partial charge < -0.3 is 0 Å². The molecule has 0 radical (unpaired) electrons. The second-order valence-corrected chi connectivity index (χ2v) is 3.66. The van der Waals surface area contributed by atoms with Gasteiger partial charge in [0.05, 0.1) is 5.69 Å². The van der Waals surface area contributed by atoms with Gasteiger partial charge >= 0.3 is 0 Å². The molecule has 0 spiro atoms. The van der Waals surface area contributed by atoms with Crippen LogP contribution in [0.3, 0.4) is 0 Å². The Morgan fingerprint density at radius 1 is 1.19 bits per heavy atom. The van der Waals surface area contributed by atoms with Crippen LogP contribution < -0.4 is 0 Å². The second-order valence-electron chi connectivity index (χ2n) is 3.30. The van der Waals surface area contributed by atoms with Crippen LogP contribution in [-0.2, 0) is 0 Å². The maximum Gasteiger partial charge on any atom is 0.170 e. The maximum absolute atomic E-state index is 9.08. The molecule has 0 unspecified atom stereocenters. The van der Waals surface area contributed by atoms with Crippen molar-refractivity contribution in [3.63, 3.8) is 0 Å². The Morgan fingerprint density at radius 2 is 1.88 bits per heavy atom. The average molecular weight is 230 g/mol. The summed E-state index contributed by atoms with van der Waals surface area (Å²) in [7, 11) is 0. The third-order valence-electron chi connectivity index (χ3n) is 2.28. The Morgan fingerprint density at radius 3 is 2.50 bits per heavy atom. The van der Waals surface area contributed by atoms with Crippen molar-refractivity contribution in [2.45, 2.75) is 6.92 Å². The monoisotopic (exact) mass is 229 g/mol. The van der Waals surface area contributed by atoms with E-state index in [9.17, 15) is 0 Å². The van der Waals surface area contributed by atoms with E-state index in [0.29, 0.717) is 11.3 Å².